The van der Waals surface area contributed by atoms with Gasteiger partial charge in [0.25, 0.3) is 0 Å². The number of aromatic nitrogens is 2. The Balaban J connectivity index is 1.89. The lowest BCUT2D eigenvalue weighted by Crippen LogP contribution is -2.14. The number of amides is 1. The molecule has 1 aromatic heterocycles. The fourth-order valence-corrected chi connectivity index (χ4v) is 2.12. The first kappa shape index (κ1) is 13.5. The van der Waals surface area contributed by atoms with E-state index in [9.17, 15) is 13.6 Å². The summed E-state index contributed by atoms with van der Waals surface area (Å²) in [7, 11) is 1.73. The van der Waals surface area contributed by atoms with Gasteiger partial charge in [0.2, 0.25) is 5.91 Å². The molecule has 19 heavy (non-hydrogen) atoms. The Morgan fingerprint density at radius 3 is 2.84 bits per heavy atom. The molecule has 0 saturated carbocycles. The van der Waals surface area contributed by atoms with Crippen LogP contribution in [0, 0.1) is 11.6 Å². The first-order valence-electron chi connectivity index (χ1n) is 5.42. The fourth-order valence-electron chi connectivity index (χ4n) is 1.40. The maximum Gasteiger partial charge on any atom is 0.235 e. The summed E-state index contributed by atoms with van der Waals surface area (Å²) in [4.78, 5) is 11.8. The number of carbonyl (C=O) groups is 1. The number of nitrogens with zero attached hydrogens (tertiary/aromatic N) is 2. The van der Waals surface area contributed by atoms with Crippen LogP contribution in [0.2, 0.25) is 0 Å². The predicted octanol–water partition coefficient (Wildman–Crippen LogP) is 2.43. The summed E-state index contributed by atoms with van der Waals surface area (Å²) in [5.41, 5.74) is 0. The molecule has 1 amide bonds. The van der Waals surface area contributed by atoms with E-state index in [1.165, 1.54) is 6.07 Å². The molecule has 0 radical (unpaired) electrons. The molecule has 0 unspecified atom stereocenters. The number of nitrogens with one attached hydrogen (secondary N) is 1. The van der Waals surface area contributed by atoms with Crippen LogP contribution in [-0.4, -0.2) is 21.4 Å². The lowest BCUT2D eigenvalue weighted by atomic mass is 10.3. The molecule has 100 valence electrons. The van der Waals surface area contributed by atoms with Crippen molar-refractivity contribution < 1.29 is 13.6 Å². The van der Waals surface area contributed by atoms with Gasteiger partial charge in [-0.1, -0.05) is 0 Å². The van der Waals surface area contributed by atoms with Crippen LogP contribution in [0.25, 0.3) is 0 Å². The lowest BCUT2D eigenvalue weighted by Gasteiger charge is -2.03. The molecule has 0 atom stereocenters. The highest BCUT2D eigenvalue weighted by Crippen LogP contribution is 2.22. The van der Waals surface area contributed by atoms with Crippen LogP contribution in [0.3, 0.4) is 0 Å². The highest BCUT2D eigenvalue weighted by atomic mass is 32.2. The third-order valence-corrected chi connectivity index (χ3v) is 3.28. The first-order valence-corrected chi connectivity index (χ1v) is 6.40. The van der Waals surface area contributed by atoms with E-state index in [1.54, 1.807) is 24.0 Å². The van der Waals surface area contributed by atoms with E-state index in [0.717, 1.165) is 23.9 Å². The van der Waals surface area contributed by atoms with E-state index in [2.05, 4.69) is 10.4 Å². The number of hydrogen-bond donors (Lipinski definition) is 1. The van der Waals surface area contributed by atoms with E-state index < -0.39 is 11.6 Å². The monoisotopic (exact) mass is 283 g/mol. The van der Waals surface area contributed by atoms with Crippen molar-refractivity contribution in [2.45, 2.75) is 4.90 Å². The Kier molecular flexibility index (Phi) is 4.16. The Labute approximate surface area is 112 Å². The van der Waals surface area contributed by atoms with Crippen molar-refractivity contribution in [3.05, 3.63) is 42.1 Å². The zero-order valence-electron chi connectivity index (χ0n) is 10.1. The molecule has 1 aromatic carbocycles. The summed E-state index contributed by atoms with van der Waals surface area (Å²) in [6.45, 7) is 0. The Hall–Kier alpha value is -1.89. The van der Waals surface area contributed by atoms with Gasteiger partial charge in [0.1, 0.15) is 11.6 Å². The molecule has 4 nitrogen and oxygen atoms in total. The van der Waals surface area contributed by atoms with E-state index in [1.807, 2.05) is 0 Å². The minimum absolute atomic E-state index is 0.0269. The summed E-state index contributed by atoms with van der Waals surface area (Å²) < 4.78 is 27.6. The second-order valence-corrected chi connectivity index (χ2v) is 4.80. The second-order valence-electron chi connectivity index (χ2n) is 3.79. The van der Waals surface area contributed by atoms with Gasteiger partial charge < -0.3 is 5.32 Å². The molecule has 0 aliphatic rings. The molecule has 0 saturated heterocycles. The zero-order chi connectivity index (χ0) is 13.8. The molecule has 0 bridgehead atoms. The molecular formula is C12H11F2N3OS. The van der Waals surface area contributed by atoms with Crippen molar-refractivity contribution in [3.63, 3.8) is 0 Å². The summed E-state index contributed by atoms with van der Waals surface area (Å²) >= 11 is 1.00. The Morgan fingerprint density at radius 1 is 1.42 bits per heavy atom. The van der Waals surface area contributed by atoms with Crippen molar-refractivity contribution in [2.24, 2.45) is 7.05 Å². The van der Waals surface area contributed by atoms with Gasteiger partial charge in [-0.3, -0.25) is 9.48 Å². The van der Waals surface area contributed by atoms with Crippen molar-refractivity contribution in [3.8, 4) is 0 Å². The molecule has 2 rings (SSSR count). The summed E-state index contributed by atoms with van der Waals surface area (Å²) in [5.74, 6) is -1.14. The summed E-state index contributed by atoms with van der Waals surface area (Å²) in [6, 6.07) is 4.91. The van der Waals surface area contributed by atoms with Gasteiger partial charge in [-0.2, -0.15) is 5.10 Å². The summed E-state index contributed by atoms with van der Waals surface area (Å²) in [5, 5.41) is 6.56. The van der Waals surface area contributed by atoms with Gasteiger partial charge in [0.05, 0.1) is 5.75 Å². The minimum Gasteiger partial charge on any atom is -0.308 e. The normalized spacial score (nSPS) is 10.5. The molecule has 2 aromatic rings. The number of benzene rings is 1. The zero-order valence-corrected chi connectivity index (χ0v) is 10.9. The van der Waals surface area contributed by atoms with E-state index in [-0.39, 0.29) is 16.6 Å². The highest BCUT2D eigenvalue weighted by Gasteiger charge is 2.09. The lowest BCUT2D eigenvalue weighted by molar-refractivity contribution is -0.113. The minimum atomic E-state index is -0.671. The molecule has 7 heteroatoms. The maximum atomic E-state index is 13.3. The van der Waals surface area contributed by atoms with Crippen LogP contribution in [0.1, 0.15) is 0 Å². The molecule has 1 N–H and O–H groups in total. The molecule has 0 aliphatic heterocycles. The van der Waals surface area contributed by atoms with Crippen molar-refractivity contribution in [1.82, 2.24) is 9.78 Å². The van der Waals surface area contributed by atoms with Gasteiger partial charge in [-0.05, 0) is 12.1 Å². The number of thioether (sulfide) groups is 1. The Bertz CT molecular complexity index is 600. The number of carbonyl (C=O) groups excluding carboxylic acids is 1. The van der Waals surface area contributed by atoms with Crippen LogP contribution in [0.5, 0.6) is 0 Å². The number of halogens is 2. The van der Waals surface area contributed by atoms with Gasteiger partial charge in [-0.15, -0.1) is 11.8 Å². The number of anilines is 1. The van der Waals surface area contributed by atoms with E-state index >= 15 is 0 Å². The molecular weight excluding hydrogens is 272 g/mol. The third kappa shape index (κ3) is 3.78. The number of hydrogen-bond acceptors (Lipinski definition) is 3. The van der Waals surface area contributed by atoms with Crippen molar-refractivity contribution in [1.29, 1.82) is 0 Å². The SMILES string of the molecule is Cn1ccc(NC(=O)CSc2ccc(F)cc2F)n1. The smallest absolute Gasteiger partial charge is 0.235 e. The standard InChI is InChI=1S/C12H11F2N3OS/c1-17-5-4-11(16-17)15-12(18)7-19-10-3-2-8(13)6-9(10)14/h2-6H,7H2,1H3,(H,15,16,18). The number of aryl methyl sites for hydroxylation is 1. The molecule has 0 spiro atoms. The molecule has 0 fully saturated rings. The van der Waals surface area contributed by atoms with Gasteiger partial charge in [-0.25, -0.2) is 8.78 Å². The maximum absolute atomic E-state index is 13.3. The number of rotatable bonds is 4. The first-order chi connectivity index (χ1) is 9.04. The predicted molar refractivity (Wildman–Crippen MR) is 68.9 cm³/mol. The fraction of sp³-hybridized carbons (Fsp3) is 0.167. The Morgan fingerprint density at radius 2 is 2.21 bits per heavy atom. The second kappa shape index (κ2) is 5.83. The van der Waals surface area contributed by atoms with Gasteiger partial charge in [0.15, 0.2) is 5.82 Å². The van der Waals surface area contributed by atoms with Gasteiger partial charge in [0, 0.05) is 30.3 Å². The van der Waals surface area contributed by atoms with Crippen molar-refractivity contribution in [2.75, 3.05) is 11.1 Å². The largest absolute Gasteiger partial charge is 0.308 e. The topological polar surface area (TPSA) is 46.9 Å². The van der Waals surface area contributed by atoms with Crippen LogP contribution >= 0.6 is 11.8 Å². The van der Waals surface area contributed by atoms with E-state index in [0.29, 0.717) is 5.82 Å². The highest BCUT2D eigenvalue weighted by molar-refractivity contribution is 8.00. The van der Waals surface area contributed by atoms with E-state index in [4.69, 9.17) is 0 Å². The van der Waals surface area contributed by atoms with Gasteiger partial charge >= 0.3 is 0 Å². The quantitative estimate of drug-likeness (QED) is 0.877. The van der Waals surface area contributed by atoms with Crippen LogP contribution in [-0.2, 0) is 11.8 Å². The average molecular weight is 283 g/mol. The van der Waals surface area contributed by atoms with Crippen LogP contribution in [0.15, 0.2) is 35.4 Å². The molecule has 1 heterocycles. The van der Waals surface area contributed by atoms with Crippen molar-refractivity contribution >= 4 is 23.5 Å². The third-order valence-electron chi connectivity index (χ3n) is 2.23. The summed E-state index contributed by atoms with van der Waals surface area (Å²) in [6.07, 6.45) is 1.70. The average Bonchev–Trinajstić information content (AvgIpc) is 2.73. The van der Waals surface area contributed by atoms with Crippen LogP contribution in [0.4, 0.5) is 14.6 Å². The van der Waals surface area contributed by atoms with Crippen LogP contribution < -0.4 is 5.32 Å². The molecule has 0 aliphatic carbocycles.